The molecule has 1 aliphatic carbocycles. The minimum absolute atomic E-state index is 0.00870. The summed E-state index contributed by atoms with van der Waals surface area (Å²) in [4.78, 5) is 17.8. The number of hydrogen-bond donors (Lipinski definition) is 0. The highest BCUT2D eigenvalue weighted by atomic mass is 35.5. The van der Waals surface area contributed by atoms with Crippen LogP contribution in [0.1, 0.15) is 70.8 Å². The number of benzene rings is 3. The molecule has 3 atom stereocenters. The third kappa shape index (κ3) is 8.42. The Morgan fingerprint density at radius 1 is 0.984 bits per heavy atom. The fourth-order valence-corrected chi connectivity index (χ4v) is 15.2. The van der Waals surface area contributed by atoms with E-state index in [2.05, 4.69) is 54.9 Å². The molecular weight excluding hydrogens is 866 g/mol. The first-order chi connectivity index (χ1) is 30.8. The Morgan fingerprint density at radius 3 is 2.36 bits per heavy atom. The molecule has 0 unspecified atom stereocenters. The SMILES string of the molecule is COCOc1cc(Cl)c(C2CC2)c(-c2nc3c4c(nc(OC[C@@]56CCCN5C[C@H](F)C6)nc4c2F)N(CC(F)F)[C@@H](CCO[Si](c2ccccc2)(c2ccccc2)C(C)(C)C)CO3)c1. The molecule has 16 heteroatoms. The number of pyridine rings is 1. The molecule has 0 N–H and O–H groups in total. The highest BCUT2D eigenvalue weighted by molar-refractivity contribution is 6.99. The predicted octanol–water partition coefficient (Wildman–Crippen LogP) is 9.10. The minimum Gasteiger partial charge on any atom is -0.475 e. The molecule has 5 heterocycles. The van der Waals surface area contributed by atoms with Crippen molar-refractivity contribution in [3.8, 4) is 28.9 Å². The van der Waals surface area contributed by atoms with E-state index in [1.54, 1.807) is 12.1 Å². The van der Waals surface area contributed by atoms with E-state index in [1.165, 1.54) is 12.0 Å². The van der Waals surface area contributed by atoms with Crippen LogP contribution in [0.15, 0.2) is 72.8 Å². The fourth-order valence-electron chi connectivity index (χ4n) is 10.3. The lowest BCUT2D eigenvalue weighted by molar-refractivity contribution is 0.0511. The van der Waals surface area contributed by atoms with Gasteiger partial charge in [-0.3, -0.25) is 4.90 Å². The third-order valence-corrected chi connectivity index (χ3v) is 18.6. The number of rotatable bonds is 16. The van der Waals surface area contributed by atoms with Crippen LogP contribution in [0.5, 0.6) is 17.6 Å². The van der Waals surface area contributed by atoms with Crippen LogP contribution < -0.4 is 29.5 Å². The minimum atomic E-state index is -3.02. The molecule has 1 saturated carbocycles. The summed E-state index contributed by atoms with van der Waals surface area (Å²) in [5, 5.41) is 2.26. The zero-order chi connectivity index (χ0) is 44.8. The molecule has 64 heavy (non-hydrogen) atoms. The number of methoxy groups -OCH3 is 1. The summed E-state index contributed by atoms with van der Waals surface area (Å²) in [6.07, 6.45) is 0.00968. The summed E-state index contributed by atoms with van der Waals surface area (Å²) in [6.45, 7) is 6.88. The van der Waals surface area contributed by atoms with Crippen LogP contribution >= 0.6 is 11.6 Å². The molecule has 4 aliphatic rings. The van der Waals surface area contributed by atoms with Crippen molar-refractivity contribution in [2.45, 2.75) is 94.4 Å². The van der Waals surface area contributed by atoms with Gasteiger partial charge in [-0.25, -0.2) is 22.5 Å². The fraction of sp³-hybridized carbons (Fsp3) is 0.479. The van der Waals surface area contributed by atoms with E-state index >= 15 is 4.39 Å². The van der Waals surface area contributed by atoms with Gasteiger partial charge in [0.05, 0.1) is 18.1 Å². The van der Waals surface area contributed by atoms with Crippen LogP contribution in [-0.2, 0) is 9.16 Å². The highest BCUT2D eigenvalue weighted by Crippen LogP contribution is 2.51. The molecule has 340 valence electrons. The van der Waals surface area contributed by atoms with Crippen molar-refractivity contribution in [1.82, 2.24) is 19.9 Å². The third-order valence-electron chi connectivity index (χ3n) is 13.3. The number of anilines is 1. The monoisotopic (exact) mass is 919 g/mol. The molecule has 0 radical (unpaired) electrons. The second kappa shape index (κ2) is 18.0. The highest BCUT2D eigenvalue weighted by Gasteiger charge is 2.51. The van der Waals surface area contributed by atoms with Gasteiger partial charge in [0, 0.05) is 37.3 Å². The Morgan fingerprint density at radius 2 is 1.70 bits per heavy atom. The quantitative estimate of drug-likeness (QED) is 0.0543. The first kappa shape index (κ1) is 44.6. The Labute approximate surface area is 377 Å². The van der Waals surface area contributed by atoms with E-state index in [-0.39, 0.29) is 84.7 Å². The lowest BCUT2D eigenvalue weighted by Crippen LogP contribution is -2.66. The molecule has 3 fully saturated rings. The van der Waals surface area contributed by atoms with Crippen LogP contribution in [0.3, 0.4) is 0 Å². The Hall–Kier alpha value is -4.54. The van der Waals surface area contributed by atoms with E-state index in [0.29, 0.717) is 34.9 Å². The zero-order valence-corrected chi connectivity index (χ0v) is 38.4. The van der Waals surface area contributed by atoms with E-state index in [0.717, 1.165) is 36.2 Å². The van der Waals surface area contributed by atoms with Gasteiger partial charge in [0.1, 0.15) is 47.5 Å². The maximum atomic E-state index is 17.6. The van der Waals surface area contributed by atoms with Gasteiger partial charge in [0.2, 0.25) is 5.88 Å². The molecule has 0 amide bonds. The Bertz CT molecular complexity index is 2430. The number of fused-ring (bicyclic) bond motifs is 1. The van der Waals surface area contributed by atoms with E-state index < -0.39 is 44.9 Å². The van der Waals surface area contributed by atoms with Crippen LogP contribution in [0, 0.1) is 5.82 Å². The van der Waals surface area contributed by atoms with Crippen molar-refractivity contribution in [2.75, 3.05) is 58.3 Å². The van der Waals surface area contributed by atoms with Crippen molar-refractivity contribution < 1.29 is 40.9 Å². The van der Waals surface area contributed by atoms with Crippen LogP contribution in [0.25, 0.3) is 22.2 Å². The van der Waals surface area contributed by atoms with Gasteiger partial charge < -0.3 is 28.3 Å². The summed E-state index contributed by atoms with van der Waals surface area (Å²) >= 11 is 6.90. The van der Waals surface area contributed by atoms with Crippen molar-refractivity contribution >= 4 is 47.0 Å². The number of halogens is 5. The smallest absolute Gasteiger partial charge is 0.319 e. The first-order valence-electron chi connectivity index (χ1n) is 22.1. The topological polar surface area (TPSA) is 91.3 Å². The number of ether oxygens (including phenoxy) is 4. The van der Waals surface area contributed by atoms with Crippen molar-refractivity contribution in [1.29, 1.82) is 0 Å². The van der Waals surface area contributed by atoms with Crippen molar-refractivity contribution in [3.05, 3.63) is 89.2 Å². The molecule has 2 aromatic heterocycles. The maximum Gasteiger partial charge on any atom is 0.319 e. The number of aromatic nitrogens is 3. The number of nitrogens with zero attached hydrogens (tertiary/aromatic N) is 5. The van der Waals surface area contributed by atoms with Gasteiger partial charge >= 0.3 is 6.01 Å². The summed E-state index contributed by atoms with van der Waals surface area (Å²) in [7, 11) is -1.52. The van der Waals surface area contributed by atoms with Gasteiger partial charge in [-0.1, -0.05) is 93.0 Å². The number of hydrogen-bond acceptors (Lipinski definition) is 10. The second-order valence-electron chi connectivity index (χ2n) is 18.5. The first-order valence-corrected chi connectivity index (χ1v) is 24.4. The lowest BCUT2D eigenvalue weighted by atomic mass is 9.95. The lowest BCUT2D eigenvalue weighted by Gasteiger charge is -2.43. The molecule has 0 spiro atoms. The molecule has 2 saturated heterocycles. The summed E-state index contributed by atoms with van der Waals surface area (Å²) < 4.78 is 93.4. The van der Waals surface area contributed by atoms with E-state index in [9.17, 15) is 13.2 Å². The number of alkyl halides is 3. The molecule has 5 aromatic rings. The van der Waals surface area contributed by atoms with Gasteiger partial charge in [-0.05, 0) is 77.7 Å². The molecular formula is C48H54ClF4N5O5Si. The van der Waals surface area contributed by atoms with E-state index in [4.69, 9.17) is 44.9 Å². The van der Waals surface area contributed by atoms with Gasteiger partial charge in [0.25, 0.3) is 14.7 Å². The predicted molar refractivity (Wildman–Crippen MR) is 242 cm³/mol. The Balaban J connectivity index is 1.15. The molecule has 3 aromatic carbocycles. The van der Waals surface area contributed by atoms with Crippen LogP contribution in [-0.4, -0.2) is 106 Å². The van der Waals surface area contributed by atoms with Gasteiger partial charge in [-0.15, -0.1) is 0 Å². The van der Waals surface area contributed by atoms with Crippen molar-refractivity contribution in [3.63, 3.8) is 0 Å². The van der Waals surface area contributed by atoms with Gasteiger partial charge in [0.15, 0.2) is 12.6 Å². The Kier molecular flexibility index (Phi) is 12.6. The normalized spacial score (nSPS) is 21.3. The second-order valence-corrected chi connectivity index (χ2v) is 23.2. The summed E-state index contributed by atoms with van der Waals surface area (Å²) in [6, 6.07) is 22.8. The van der Waals surface area contributed by atoms with Crippen molar-refractivity contribution in [2.24, 2.45) is 0 Å². The van der Waals surface area contributed by atoms with Crippen LogP contribution in [0.4, 0.5) is 23.4 Å². The standard InChI is InChI=1S/C48H54ClF4N5O5Si/c1-47(2,3)64(34-12-7-5-8-13-34,35-14-9-6-10-15-35)63-21-18-32-27-60-45-40-43(41(53)42(54-45)36-22-33(62-29-59-4)23-37(49)39(36)30-16-17-30)55-46(56-44(40)58(32)26-38(51)52)61-28-48-19-11-20-57(48)25-31(50)24-48/h5-10,12-15,22-23,30-32,38H,11,16-21,24-29H2,1-4H3/t31-,32+,48+/m1/s1. The average Bonchev–Trinajstić information content (AvgIpc) is 3.99. The summed E-state index contributed by atoms with van der Waals surface area (Å²) in [5.41, 5.74) is 0.232. The molecule has 10 nitrogen and oxygen atoms in total. The average molecular weight is 921 g/mol. The molecule has 3 aliphatic heterocycles. The van der Waals surface area contributed by atoms with E-state index in [1.807, 2.05) is 36.4 Å². The maximum absolute atomic E-state index is 17.6. The zero-order valence-electron chi connectivity index (χ0n) is 36.6. The largest absolute Gasteiger partial charge is 0.475 e. The molecule has 9 rings (SSSR count). The van der Waals surface area contributed by atoms with Crippen LogP contribution in [0.2, 0.25) is 10.1 Å². The van der Waals surface area contributed by atoms with Gasteiger partial charge in [-0.2, -0.15) is 9.97 Å². The molecule has 0 bridgehead atoms. The summed E-state index contributed by atoms with van der Waals surface area (Å²) in [5.74, 6) is -0.418.